The molecule has 4 rings (SSSR count). The van der Waals surface area contributed by atoms with Crippen LogP contribution in [0.4, 0.5) is 0 Å². The van der Waals surface area contributed by atoms with Gasteiger partial charge in [0, 0.05) is 13.2 Å². The monoisotopic (exact) mass is 372 g/mol. The lowest BCUT2D eigenvalue weighted by Crippen LogP contribution is -2.38. The first kappa shape index (κ1) is 17.9. The molecule has 2 nitrogen and oxygen atoms in total. The molecular weight excluding hydrogens is 348 g/mol. The quantitative estimate of drug-likeness (QED) is 0.344. The molecule has 0 N–H and O–H groups in total. The van der Waals surface area contributed by atoms with Gasteiger partial charge in [-0.3, -0.25) is 0 Å². The molecule has 0 heterocycles. The lowest BCUT2D eigenvalue weighted by molar-refractivity contribution is 0.225. The van der Waals surface area contributed by atoms with Crippen molar-refractivity contribution in [2.45, 2.75) is 13.8 Å². The second-order valence-electron chi connectivity index (χ2n) is 6.56. The van der Waals surface area contributed by atoms with Gasteiger partial charge in [-0.1, -0.05) is 66.7 Å². The van der Waals surface area contributed by atoms with Crippen LogP contribution in [-0.2, 0) is 8.85 Å². The molecule has 0 saturated carbocycles. The molecule has 4 aromatic rings. The minimum Gasteiger partial charge on any atom is -0.394 e. The fourth-order valence-corrected chi connectivity index (χ4v) is 5.51. The zero-order valence-electron chi connectivity index (χ0n) is 15.8. The Morgan fingerprint density at radius 2 is 1.22 bits per heavy atom. The molecule has 0 saturated heterocycles. The van der Waals surface area contributed by atoms with Crippen LogP contribution >= 0.6 is 0 Å². The highest BCUT2D eigenvalue weighted by Crippen LogP contribution is 2.31. The van der Waals surface area contributed by atoms with Crippen molar-refractivity contribution in [2.75, 3.05) is 13.2 Å². The molecule has 0 spiro atoms. The van der Waals surface area contributed by atoms with Crippen LogP contribution in [0.2, 0.25) is 0 Å². The summed E-state index contributed by atoms with van der Waals surface area (Å²) < 4.78 is 12.1. The standard InChI is InChI=1S/C24H24O2Si/c1-3-25-27(26-4-2)24-15-8-7-13-22(24)21-14-9-12-20-16-18-10-5-6-11-19(18)17-23(20)21/h5-17,27H,3-4H2,1-2H3. The molecule has 4 aromatic carbocycles. The summed E-state index contributed by atoms with van der Waals surface area (Å²) in [5.74, 6) is 0. The van der Waals surface area contributed by atoms with E-state index in [9.17, 15) is 0 Å². The van der Waals surface area contributed by atoms with Crippen molar-refractivity contribution in [3.63, 3.8) is 0 Å². The van der Waals surface area contributed by atoms with Crippen LogP contribution in [0.15, 0.2) is 78.9 Å². The Balaban J connectivity index is 1.93. The van der Waals surface area contributed by atoms with E-state index in [2.05, 4.69) is 78.9 Å². The third-order valence-corrected chi connectivity index (χ3v) is 7.17. The maximum Gasteiger partial charge on any atom is 0.356 e. The van der Waals surface area contributed by atoms with Gasteiger partial charge < -0.3 is 8.85 Å². The average molecular weight is 373 g/mol. The topological polar surface area (TPSA) is 18.5 Å². The van der Waals surface area contributed by atoms with Gasteiger partial charge in [0.25, 0.3) is 0 Å². The van der Waals surface area contributed by atoms with Crippen molar-refractivity contribution in [3.05, 3.63) is 78.9 Å². The summed E-state index contributed by atoms with van der Waals surface area (Å²) in [6, 6.07) is 28.2. The number of hydrogen-bond donors (Lipinski definition) is 0. The molecule has 0 radical (unpaired) electrons. The maximum absolute atomic E-state index is 6.03. The SMILES string of the molecule is CCO[SiH](OCC)c1ccccc1-c1cccc2cc3ccccc3cc12. The summed E-state index contributed by atoms with van der Waals surface area (Å²) in [6.45, 7) is 5.41. The van der Waals surface area contributed by atoms with Gasteiger partial charge in [0.2, 0.25) is 0 Å². The zero-order valence-corrected chi connectivity index (χ0v) is 17.0. The van der Waals surface area contributed by atoms with Crippen LogP contribution in [0.5, 0.6) is 0 Å². The van der Waals surface area contributed by atoms with Crippen LogP contribution in [0.3, 0.4) is 0 Å². The fraction of sp³-hybridized carbons (Fsp3) is 0.167. The summed E-state index contributed by atoms with van der Waals surface area (Å²) >= 11 is 0. The predicted molar refractivity (Wildman–Crippen MR) is 117 cm³/mol. The van der Waals surface area contributed by atoms with E-state index in [1.54, 1.807) is 0 Å². The highest BCUT2D eigenvalue weighted by molar-refractivity contribution is 6.63. The van der Waals surface area contributed by atoms with E-state index in [0.717, 1.165) is 0 Å². The molecule has 0 aliphatic heterocycles. The molecule has 0 amide bonds. The highest BCUT2D eigenvalue weighted by Gasteiger charge is 2.20. The zero-order chi connectivity index (χ0) is 18.6. The second-order valence-corrected chi connectivity index (χ2v) is 8.51. The van der Waals surface area contributed by atoms with Crippen molar-refractivity contribution in [2.24, 2.45) is 0 Å². The van der Waals surface area contributed by atoms with Gasteiger partial charge in [0.1, 0.15) is 0 Å². The molecule has 0 aliphatic carbocycles. The summed E-state index contributed by atoms with van der Waals surface area (Å²) in [4.78, 5) is 0. The molecule has 0 unspecified atom stereocenters. The largest absolute Gasteiger partial charge is 0.394 e. The van der Waals surface area contributed by atoms with Crippen molar-refractivity contribution >= 4 is 36.0 Å². The first-order valence-corrected chi connectivity index (χ1v) is 11.1. The van der Waals surface area contributed by atoms with E-state index in [4.69, 9.17) is 8.85 Å². The predicted octanol–water partition coefficient (Wildman–Crippen LogP) is 5.16. The van der Waals surface area contributed by atoms with E-state index in [0.29, 0.717) is 13.2 Å². The Kier molecular flexibility index (Phi) is 5.34. The summed E-state index contributed by atoms with van der Waals surface area (Å²) in [5, 5.41) is 6.27. The van der Waals surface area contributed by atoms with Gasteiger partial charge >= 0.3 is 9.28 Å². The molecule has 0 bridgehead atoms. The number of benzene rings is 4. The minimum absolute atomic E-state index is 0.672. The normalized spacial score (nSPS) is 11.5. The molecule has 0 aromatic heterocycles. The number of fused-ring (bicyclic) bond motifs is 2. The molecule has 0 atom stereocenters. The Labute approximate surface area is 162 Å². The van der Waals surface area contributed by atoms with Crippen molar-refractivity contribution in [1.29, 1.82) is 0 Å². The molecular formula is C24H24O2Si. The fourth-order valence-electron chi connectivity index (χ4n) is 3.68. The van der Waals surface area contributed by atoms with Gasteiger partial charge in [-0.15, -0.1) is 0 Å². The van der Waals surface area contributed by atoms with E-state index in [1.807, 2.05) is 13.8 Å². The van der Waals surface area contributed by atoms with Crippen LogP contribution < -0.4 is 5.19 Å². The molecule has 0 aliphatic rings. The van der Waals surface area contributed by atoms with Gasteiger partial charge in [-0.2, -0.15) is 0 Å². The first-order valence-electron chi connectivity index (χ1n) is 9.56. The average Bonchev–Trinajstić information content (AvgIpc) is 2.72. The van der Waals surface area contributed by atoms with Crippen LogP contribution in [0, 0.1) is 0 Å². The summed E-state index contributed by atoms with van der Waals surface area (Å²) in [5.41, 5.74) is 2.46. The van der Waals surface area contributed by atoms with E-state index in [-0.39, 0.29) is 0 Å². The van der Waals surface area contributed by atoms with Gasteiger partial charge in [-0.05, 0) is 63.8 Å². The van der Waals surface area contributed by atoms with Crippen LogP contribution in [0.1, 0.15) is 13.8 Å². The van der Waals surface area contributed by atoms with Gasteiger partial charge in [-0.25, -0.2) is 0 Å². The summed E-state index contributed by atoms with van der Waals surface area (Å²) in [7, 11) is -1.93. The Hall–Kier alpha value is -2.46. The highest BCUT2D eigenvalue weighted by atomic mass is 28.3. The van der Waals surface area contributed by atoms with Crippen molar-refractivity contribution < 1.29 is 8.85 Å². The third kappa shape index (κ3) is 3.54. The maximum atomic E-state index is 6.03. The molecule has 136 valence electrons. The van der Waals surface area contributed by atoms with Crippen molar-refractivity contribution in [1.82, 2.24) is 0 Å². The van der Waals surface area contributed by atoms with Gasteiger partial charge in [0.05, 0.1) is 0 Å². The van der Waals surface area contributed by atoms with E-state index >= 15 is 0 Å². The summed E-state index contributed by atoms with van der Waals surface area (Å²) in [6.07, 6.45) is 0. The van der Waals surface area contributed by atoms with E-state index in [1.165, 1.54) is 37.9 Å². The van der Waals surface area contributed by atoms with E-state index < -0.39 is 9.28 Å². The minimum atomic E-state index is -1.93. The molecule has 0 fully saturated rings. The smallest absolute Gasteiger partial charge is 0.356 e. The number of hydrogen-bond acceptors (Lipinski definition) is 2. The third-order valence-electron chi connectivity index (χ3n) is 4.89. The second kappa shape index (κ2) is 8.05. The van der Waals surface area contributed by atoms with Crippen LogP contribution in [0.25, 0.3) is 32.7 Å². The lowest BCUT2D eigenvalue weighted by Gasteiger charge is -2.19. The van der Waals surface area contributed by atoms with Crippen LogP contribution in [-0.4, -0.2) is 22.5 Å². The molecule has 3 heteroatoms. The van der Waals surface area contributed by atoms with Gasteiger partial charge in [0.15, 0.2) is 0 Å². The first-order chi connectivity index (χ1) is 13.3. The Bertz CT molecular complexity index is 1070. The number of rotatable bonds is 6. The molecule has 27 heavy (non-hydrogen) atoms. The lowest BCUT2D eigenvalue weighted by atomic mass is 9.95. The Morgan fingerprint density at radius 3 is 1.96 bits per heavy atom. The Morgan fingerprint density at radius 1 is 0.630 bits per heavy atom. The van der Waals surface area contributed by atoms with Crippen molar-refractivity contribution in [3.8, 4) is 11.1 Å².